The molecule has 2 aromatic rings. The van der Waals surface area contributed by atoms with E-state index in [1.54, 1.807) is 18.0 Å². The zero-order valence-corrected chi connectivity index (χ0v) is 20.5. The van der Waals surface area contributed by atoms with Gasteiger partial charge in [-0.2, -0.15) is 0 Å². The van der Waals surface area contributed by atoms with Crippen LogP contribution in [0.2, 0.25) is 0 Å². The normalized spacial score (nSPS) is 17.4. The first-order valence-electron chi connectivity index (χ1n) is 12.6. The zero-order chi connectivity index (χ0) is 24.2. The Morgan fingerprint density at radius 1 is 1.00 bits per heavy atom. The first kappa shape index (κ1) is 24.2. The number of rotatable bonds is 8. The van der Waals surface area contributed by atoms with Crippen LogP contribution >= 0.6 is 0 Å². The van der Waals surface area contributed by atoms with E-state index < -0.39 is 0 Å². The summed E-state index contributed by atoms with van der Waals surface area (Å²) >= 11 is 0. The number of hydrogen-bond donors (Lipinski definition) is 0. The highest BCUT2D eigenvalue weighted by Crippen LogP contribution is 2.37. The fraction of sp³-hybridized carbons (Fsp3) is 0.500. The van der Waals surface area contributed by atoms with E-state index in [-0.39, 0.29) is 35.4 Å². The third-order valence-corrected chi connectivity index (χ3v) is 7.43. The van der Waals surface area contributed by atoms with E-state index in [0.717, 1.165) is 31.2 Å². The molecule has 1 heterocycles. The van der Waals surface area contributed by atoms with Crippen LogP contribution in [0.15, 0.2) is 48.5 Å². The van der Waals surface area contributed by atoms with Gasteiger partial charge in [-0.05, 0) is 69.2 Å². The Morgan fingerprint density at radius 2 is 1.65 bits per heavy atom. The standard InChI is InChI=1S/C28H36FN3O2/c1-4-31(5-2)28(34)26(20-9-7-6-8-10-20)21-15-17-32(18-16-21)25-14-13-23(19-24(25)29)30(3)27(33)22-11-12-22/h6-10,13-14,19,21-22,26H,4-5,11-12,15-18H2,1-3H3. The molecule has 2 aromatic carbocycles. The summed E-state index contributed by atoms with van der Waals surface area (Å²) in [5.41, 5.74) is 2.24. The van der Waals surface area contributed by atoms with Gasteiger partial charge in [-0.25, -0.2) is 4.39 Å². The van der Waals surface area contributed by atoms with Gasteiger partial charge in [0.15, 0.2) is 0 Å². The SMILES string of the molecule is CCN(CC)C(=O)C(c1ccccc1)C1CCN(c2ccc(N(C)C(=O)C3CC3)cc2F)CC1. The number of amides is 2. The number of anilines is 2. The van der Waals surface area contributed by atoms with Crippen LogP contribution in [-0.2, 0) is 9.59 Å². The van der Waals surface area contributed by atoms with E-state index in [9.17, 15) is 9.59 Å². The van der Waals surface area contributed by atoms with Crippen molar-refractivity contribution in [2.24, 2.45) is 11.8 Å². The van der Waals surface area contributed by atoms with Crippen molar-refractivity contribution in [2.45, 2.75) is 45.4 Å². The summed E-state index contributed by atoms with van der Waals surface area (Å²) in [4.78, 5) is 31.3. The van der Waals surface area contributed by atoms with Crippen molar-refractivity contribution in [2.75, 3.05) is 43.0 Å². The minimum Gasteiger partial charge on any atom is -0.369 e. The average Bonchev–Trinajstić information content (AvgIpc) is 3.71. The van der Waals surface area contributed by atoms with Gasteiger partial charge in [-0.1, -0.05) is 30.3 Å². The molecule has 0 aromatic heterocycles. The van der Waals surface area contributed by atoms with Crippen LogP contribution in [0.1, 0.15) is 51.0 Å². The molecule has 1 unspecified atom stereocenters. The van der Waals surface area contributed by atoms with Gasteiger partial charge in [0.2, 0.25) is 11.8 Å². The predicted molar refractivity (Wildman–Crippen MR) is 135 cm³/mol. The van der Waals surface area contributed by atoms with Crippen LogP contribution in [0.4, 0.5) is 15.8 Å². The van der Waals surface area contributed by atoms with Gasteiger partial charge >= 0.3 is 0 Å². The molecule has 1 saturated heterocycles. The molecular weight excluding hydrogens is 429 g/mol. The quantitative estimate of drug-likeness (QED) is 0.547. The second-order valence-corrected chi connectivity index (χ2v) is 9.53. The molecule has 2 fully saturated rings. The zero-order valence-electron chi connectivity index (χ0n) is 20.5. The van der Waals surface area contributed by atoms with Crippen molar-refractivity contribution in [1.82, 2.24) is 4.90 Å². The third-order valence-electron chi connectivity index (χ3n) is 7.43. The first-order valence-corrected chi connectivity index (χ1v) is 12.6. The molecule has 4 rings (SSSR count). The molecule has 0 N–H and O–H groups in total. The molecule has 2 amide bonds. The summed E-state index contributed by atoms with van der Waals surface area (Å²) < 4.78 is 15.1. The number of likely N-dealkylation sites (N-methyl/N-ethyl adjacent to an activating group) is 1. The fourth-order valence-corrected chi connectivity index (χ4v) is 5.17. The van der Waals surface area contributed by atoms with E-state index in [1.807, 2.05) is 43.0 Å². The van der Waals surface area contributed by atoms with E-state index >= 15 is 4.39 Å². The van der Waals surface area contributed by atoms with E-state index in [0.29, 0.717) is 37.6 Å². The number of nitrogens with zero attached hydrogens (tertiary/aromatic N) is 3. The lowest BCUT2D eigenvalue weighted by Gasteiger charge is -2.38. The summed E-state index contributed by atoms with van der Waals surface area (Å²) in [5, 5.41) is 0. The Kier molecular flexibility index (Phi) is 7.54. The molecule has 1 saturated carbocycles. The maximum Gasteiger partial charge on any atom is 0.230 e. The number of carbonyl (C=O) groups is 2. The highest BCUT2D eigenvalue weighted by atomic mass is 19.1. The highest BCUT2D eigenvalue weighted by molar-refractivity contribution is 5.96. The summed E-state index contributed by atoms with van der Waals surface area (Å²) in [7, 11) is 1.72. The topological polar surface area (TPSA) is 43.9 Å². The molecule has 0 radical (unpaired) electrons. The summed E-state index contributed by atoms with van der Waals surface area (Å²) in [6, 6.07) is 15.2. The van der Waals surface area contributed by atoms with Gasteiger partial charge in [-0.3, -0.25) is 9.59 Å². The average molecular weight is 466 g/mol. The number of piperidine rings is 1. The van der Waals surface area contributed by atoms with E-state index in [4.69, 9.17) is 0 Å². The number of carbonyl (C=O) groups excluding carboxylic acids is 2. The van der Waals surface area contributed by atoms with Crippen LogP contribution in [0.3, 0.4) is 0 Å². The molecule has 2 aliphatic rings. The van der Waals surface area contributed by atoms with Crippen LogP contribution in [-0.4, -0.2) is 49.9 Å². The third kappa shape index (κ3) is 5.11. The van der Waals surface area contributed by atoms with Crippen molar-refractivity contribution in [3.05, 3.63) is 59.9 Å². The lowest BCUT2D eigenvalue weighted by Crippen LogP contribution is -2.42. The summed E-state index contributed by atoms with van der Waals surface area (Å²) in [6.45, 7) is 6.85. The Hall–Kier alpha value is -2.89. The van der Waals surface area contributed by atoms with Crippen LogP contribution < -0.4 is 9.80 Å². The molecule has 6 heteroatoms. The number of benzene rings is 2. The van der Waals surface area contributed by atoms with E-state index in [1.165, 1.54) is 6.07 Å². The van der Waals surface area contributed by atoms with Crippen LogP contribution in [0.25, 0.3) is 0 Å². The van der Waals surface area contributed by atoms with Crippen LogP contribution in [0.5, 0.6) is 0 Å². The molecule has 1 aliphatic heterocycles. The number of hydrogen-bond acceptors (Lipinski definition) is 3. The second kappa shape index (κ2) is 10.6. The van der Waals surface area contributed by atoms with Gasteiger partial charge in [0.25, 0.3) is 0 Å². The maximum absolute atomic E-state index is 15.1. The van der Waals surface area contributed by atoms with Crippen molar-refractivity contribution in [3.8, 4) is 0 Å². The minimum absolute atomic E-state index is 0.0674. The van der Waals surface area contributed by atoms with Gasteiger partial charge in [0, 0.05) is 44.8 Å². The largest absolute Gasteiger partial charge is 0.369 e. The van der Waals surface area contributed by atoms with Crippen LogP contribution in [0, 0.1) is 17.7 Å². The lowest BCUT2D eigenvalue weighted by molar-refractivity contribution is -0.134. The minimum atomic E-state index is -0.301. The summed E-state index contributed by atoms with van der Waals surface area (Å²) in [6.07, 6.45) is 3.51. The van der Waals surface area contributed by atoms with Crippen molar-refractivity contribution < 1.29 is 14.0 Å². The predicted octanol–water partition coefficient (Wildman–Crippen LogP) is 5.07. The Balaban J connectivity index is 1.46. The number of halogens is 1. The van der Waals surface area contributed by atoms with Crippen molar-refractivity contribution in [1.29, 1.82) is 0 Å². The Bertz CT molecular complexity index is 996. The van der Waals surface area contributed by atoms with Gasteiger partial charge in [-0.15, -0.1) is 0 Å². The highest BCUT2D eigenvalue weighted by Gasteiger charge is 2.35. The van der Waals surface area contributed by atoms with Crippen molar-refractivity contribution >= 4 is 23.2 Å². The molecular formula is C28H36FN3O2. The second-order valence-electron chi connectivity index (χ2n) is 9.53. The molecule has 0 spiro atoms. The Morgan fingerprint density at radius 3 is 2.21 bits per heavy atom. The molecule has 182 valence electrons. The smallest absolute Gasteiger partial charge is 0.230 e. The molecule has 1 aliphatic carbocycles. The Labute approximate surface area is 202 Å². The van der Waals surface area contributed by atoms with Gasteiger partial charge in [0.05, 0.1) is 11.6 Å². The van der Waals surface area contributed by atoms with E-state index in [2.05, 4.69) is 17.0 Å². The monoisotopic (exact) mass is 465 g/mol. The van der Waals surface area contributed by atoms with Gasteiger partial charge in [0.1, 0.15) is 5.82 Å². The first-order chi connectivity index (χ1) is 16.4. The molecule has 0 bridgehead atoms. The fourth-order valence-electron chi connectivity index (χ4n) is 5.17. The van der Waals surface area contributed by atoms with Crippen molar-refractivity contribution in [3.63, 3.8) is 0 Å². The summed E-state index contributed by atoms with van der Waals surface area (Å²) in [5.74, 6) is 0.105. The lowest BCUT2D eigenvalue weighted by atomic mass is 9.79. The maximum atomic E-state index is 15.1. The van der Waals surface area contributed by atoms with Gasteiger partial charge < -0.3 is 14.7 Å². The molecule has 1 atom stereocenters. The molecule has 34 heavy (non-hydrogen) atoms. The molecule has 5 nitrogen and oxygen atoms in total.